The Morgan fingerprint density at radius 3 is 2.00 bits per heavy atom. The van der Waals surface area contributed by atoms with Crippen molar-refractivity contribution in [2.75, 3.05) is 0 Å². The maximum absolute atomic E-state index is 15.6. The monoisotopic (exact) mass is 406 g/mol. The molecule has 0 bridgehead atoms. The lowest BCUT2D eigenvalue weighted by Crippen LogP contribution is -2.36. The molecule has 0 radical (unpaired) electrons. The Morgan fingerprint density at radius 1 is 0.828 bits per heavy atom. The molecule has 0 N–H and O–H groups in total. The van der Waals surface area contributed by atoms with Crippen LogP contribution in [-0.4, -0.2) is 5.67 Å². The average molecular weight is 407 g/mol. The largest absolute Gasteiger partial charge is 0.231 e. The van der Waals surface area contributed by atoms with Gasteiger partial charge in [0.15, 0.2) is 5.67 Å². The highest BCUT2D eigenvalue weighted by Crippen LogP contribution is 2.47. The molecule has 2 unspecified atom stereocenters. The second-order valence-electron chi connectivity index (χ2n) is 9.25. The molecule has 4 heteroatoms. The molecule has 0 heterocycles. The molecule has 4 rings (SSSR count). The van der Waals surface area contributed by atoms with Gasteiger partial charge in [-0.05, 0) is 49.0 Å². The number of benzene rings is 1. The normalized spacial score (nSPS) is 33.1. The predicted octanol–water partition coefficient (Wildman–Crippen LogP) is 7.96. The molecule has 0 aliphatic heterocycles. The SMILES string of the molecule is FC1=CC(c2c(F)cccc2F)C=CC1(F)C1CCC(CCC2CCCC2)CC1. The first-order valence-corrected chi connectivity index (χ1v) is 11.2. The Hall–Kier alpha value is -1.58. The molecular formula is C25H30F4. The fourth-order valence-electron chi connectivity index (χ4n) is 5.65. The van der Waals surface area contributed by atoms with E-state index in [9.17, 15) is 13.2 Å². The molecule has 3 aliphatic carbocycles. The van der Waals surface area contributed by atoms with Crippen LogP contribution in [0.5, 0.6) is 0 Å². The summed E-state index contributed by atoms with van der Waals surface area (Å²) < 4.78 is 58.5. The van der Waals surface area contributed by atoms with Crippen molar-refractivity contribution < 1.29 is 17.6 Å². The highest BCUT2D eigenvalue weighted by atomic mass is 19.2. The zero-order valence-electron chi connectivity index (χ0n) is 16.9. The van der Waals surface area contributed by atoms with E-state index in [0.29, 0.717) is 18.8 Å². The minimum atomic E-state index is -2.14. The van der Waals surface area contributed by atoms with Gasteiger partial charge in [0.05, 0.1) is 0 Å². The van der Waals surface area contributed by atoms with Crippen molar-refractivity contribution in [1.82, 2.24) is 0 Å². The van der Waals surface area contributed by atoms with Gasteiger partial charge in [-0.3, -0.25) is 0 Å². The van der Waals surface area contributed by atoms with E-state index in [4.69, 9.17) is 0 Å². The second-order valence-corrected chi connectivity index (χ2v) is 9.25. The van der Waals surface area contributed by atoms with Crippen LogP contribution in [0.2, 0.25) is 0 Å². The van der Waals surface area contributed by atoms with Crippen LogP contribution < -0.4 is 0 Å². The standard InChI is InChI=1S/C25H30F4/c26-21-6-3-7-22(27)24(21)19-14-15-25(29,23(28)16-19)20-12-10-18(11-13-20)9-8-17-4-1-2-5-17/h3,6-7,14-20H,1-2,4-5,8-13H2. The summed E-state index contributed by atoms with van der Waals surface area (Å²) in [6.07, 6.45) is 14.8. The van der Waals surface area contributed by atoms with E-state index >= 15 is 4.39 Å². The average Bonchev–Trinajstić information content (AvgIpc) is 3.23. The summed E-state index contributed by atoms with van der Waals surface area (Å²) in [7, 11) is 0. The van der Waals surface area contributed by atoms with Crippen LogP contribution in [-0.2, 0) is 0 Å². The lowest BCUT2D eigenvalue weighted by molar-refractivity contribution is 0.0943. The third kappa shape index (κ3) is 4.32. The molecule has 0 saturated heterocycles. The van der Waals surface area contributed by atoms with Crippen LogP contribution in [0.25, 0.3) is 0 Å². The maximum Gasteiger partial charge on any atom is 0.182 e. The summed E-state index contributed by atoms with van der Waals surface area (Å²) in [4.78, 5) is 0. The number of alkyl halides is 1. The summed E-state index contributed by atoms with van der Waals surface area (Å²) >= 11 is 0. The minimum absolute atomic E-state index is 0.225. The smallest absolute Gasteiger partial charge is 0.182 e. The van der Waals surface area contributed by atoms with Crippen molar-refractivity contribution in [3.8, 4) is 0 Å². The quantitative estimate of drug-likeness (QED) is 0.344. The molecule has 158 valence electrons. The zero-order valence-corrected chi connectivity index (χ0v) is 16.9. The molecule has 0 spiro atoms. The highest BCUT2D eigenvalue weighted by molar-refractivity contribution is 5.39. The van der Waals surface area contributed by atoms with Crippen LogP contribution in [0.3, 0.4) is 0 Å². The number of halogens is 4. The van der Waals surface area contributed by atoms with E-state index in [2.05, 4.69) is 0 Å². The van der Waals surface area contributed by atoms with Crippen LogP contribution in [0.4, 0.5) is 17.6 Å². The molecule has 2 fully saturated rings. The molecule has 0 amide bonds. The summed E-state index contributed by atoms with van der Waals surface area (Å²) in [5.74, 6) is -2.20. The minimum Gasteiger partial charge on any atom is -0.231 e. The van der Waals surface area contributed by atoms with Gasteiger partial charge in [0, 0.05) is 17.4 Å². The highest BCUT2D eigenvalue weighted by Gasteiger charge is 2.45. The first kappa shape index (κ1) is 20.7. The van der Waals surface area contributed by atoms with Gasteiger partial charge in [-0.2, -0.15) is 0 Å². The van der Waals surface area contributed by atoms with Crippen molar-refractivity contribution in [3.63, 3.8) is 0 Å². The van der Waals surface area contributed by atoms with Crippen molar-refractivity contribution in [2.45, 2.75) is 75.8 Å². The van der Waals surface area contributed by atoms with Gasteiger partial charge in [-0.25, -0.2) is 17.6 Å². The van der Waals surface area contributed by atoms with Gasteiger partial charge in [0.2, 0.25) is 0 Å². The lowest BCUT2D eigenvalue weighted by Gasteiger charge is -2.38. The van der Waals surface area contributed by atoms with Crippen LogP contribution >= 0.6 is 0 Å². The first-order valence-electron chi connectivity index (χ1n) is 11.2. The van der Waals surface area contributed by atoms with Crippen LogP contribution in [0, 0.1) is 29.4 Å². The number of hydrogen-bond acceptors (Lipinski definition) is 0. The molecule has 3 aliphatic rings. The third-order valence-electron chi connectivity index (χ3n) is 7.47. The zero-order chi connectivity index (χ0) is 20.4. The predicted molar refractivity (Wildman–Crippen MR) is 108 cm³/mol. The summed E-state index contributed by atoms with van der Waals surface area (Å²) in [6, 6.07) is 3.55. The van der Waals surface area contributed by atoms with E-state index in [1.54, 1.807) is 0 Å². The molecular weight excluding hydrogens is 376 g/mol. The summed E-state index contributed by atoms with van der Waals surface area (Å²) in [5.41, 5.74) is -2.37. The third-order valence-corrected chi connectivity index (χ3v) is 7.47. The van der Waals surface area contributed by atoms with E-state index in [1.807, 2.05) is 0 Å². The molecule has 29 heavy (non-hydrogen) atoms. The topological polar surface area (TPSA) is 0 Å². The van der Waals surface area contributed by atoms with Crippen LogP contribution in [0.1, 0.15) is 75.7 Å². The van der Waals surface area contributed by atoms with Crippen LogP contribution in [0.15, 0.2) is 42.3 Å². The van der Waals surface area contributed by atoms with Gasteiger partial charge < -0.3 is 0 Å². The van der Waals surface area contributed by atoms with E-state index in [-0.39, 0.29) is 5.56 Å². The lowest BCUT2D eigenvalue weighted by atomic mass is 9.70. The Morgan fingerprint density at radius 2 is 1.41 bits per heavy atom. The Balaban J connectivity index is 1.37. The van der Waals surface area contributed by atoms with E-state index in [0.717, 1.165) is 37.0 Å². The summed E-state index contributed by atoms with van der Waals surface area (Å²) in [5, 5.41) is 0. The van der Waals surface area contributed by atoms with Crippen molar-refractivity contribution >= 4 is 0 Å². The molecule has 2 atom stereocenters. The van der Waals surface area contributed by atoms with E-state index in [1.165, 1.54) is 56.7 Å². The fourth-order valence-corrected chi connectivity index (χ4v) is 5.65. The van der Waals surface area contributed by atoms with Crippen molar-refractivity contribution in [3.05, 3.63) is 59.5 Å². The maximum atomic E-state index is 15.6. The Labute approximate surface area is 171 Å². The van der Waals surface area contributed by atoms with Gasteiger partial charge in [0.25, 0.3) is 0 Å². The molecule has 1 aromatic rings. The van der Waals surface area contributed by atoms with Crippen molar-refractivity contribution in [2.24, 2.45) is 17.8 Å². The second kappa shape index (κ2) is 8.65. The van der Waals surface area contributed by atoms with Crippen molar-refractivity contribution in [1.29, 1.82) is 0 Å². The van der Waals surface area contributed by atoms with Gasteiger partial charge >= 0.3 is 0 Å². The first-order chi connectivity index (χ1) is 14.0. The Kier molecular flexibility index (Phi) is 6.17. The number of rotatable bonds is 5. The van der Waals surface area contributed by atoms with Gasteiger partial charge in [-0.15, -0.1) is 0 Å². The Bertz CT molecular complexity index is 749. The molecule has 1 aromatic carbocycles. The van der Waals surface area contributed by atoms with E-state index < -0.39 is 35.0 Å². The molecule has 0 aromatic heterocycles. The fraction of sp³-hybridized carbons (Fsp3) is 0.600. The number of allylic oxidation sites excluding steroid dienone is 4. The summed E-state index contributed by atoms with van der Waals surface area (Å²) in [6.45, 7) is 0. The molecule has 0 nitrogen and oxygen atoms in total. The molecule has 2 saturated carbocycles. The van der Waals surface area contributed by atoms with Gasteiger partial charge in [0.1, 0.15) is 17.5 Å². The number of hydrogen-bond donors (Lipinski definition) is 0. The van der Waals surface area contributed by atoms with Gasteiger partial charge in [-0.1, -0.05) is 63.5 Å².